The number of hydrogen-bond donors (Lipinski definition) is 2. The molecule has 0 unspecified atom stereocenters. The fourth-order valence-corrected chi connectivity index (χ4v) is 5.61. The third kappa shape index (κ3) is 7.47. The lowest BCUT2D eigenvalue weighted by Gasteiger charge is -2.25. The molecule has 0 saturated carbocycles. The summed E-state index contributed by atoms with van der Waals surface area (Å²) in [5.74, 6) is 3.41. The molecular formula is C16H26N4O2S3. The lowest BCUT2D eigenvalue weighted by atomic mass is 10.4. The molecule has 0 amide bonds. The summed E-state index contributed by atoms with van der Waals surface area (Å²) in [5.41, 5.74) is 0. The van der Waals surface area contributed by atoms with Gasteiger partial charge in [-0.1, -0.05) is 18.2 Å². The van der Waals surface area contributed by atoms with Gasteiger partial charge in [0.15, 0.2) is 5.96 Å². The van der Waals surface area contributed by atoms with Gasteiger partial charge in [0.2, 0.25) is 10.0 Å². The van der Waals surface area contributed by atoms with Crippen molar-refractivity contribution in [1.82, 2.24) is 14.9 Å². The molecule has 1 aliphatic heterocycles. The number of nitrogens with one attached hydrogen (secondary N) is 2. The number of rotatable bonds is 8. The maximum Gasteiger partial charge on any atom is 0.215 e. The first-order chi connectivity index (χ1) is 12.1. The van der Waals surface area contributed by atoms with Crippen molar-refractivity contribution in [2.75, 3.05) is 56.2 Å². The topological polar surface area (TPSA) is 73.8 Å². The summed E-state index contributed by atoms with van der Waals surface area (Å²) >= 11 is 3.57. The molecule has 1 aromatic carbocycles. The predicted octanol–water partition coefficient (Wildman–Crippen LogP) is 1.32. The zero-order valence-corrected chi connectivity index (χ0v) is 16.9. The fraction of sp³-hybridized carbons (Fsp3) is 0.562. The van der Waals surface area contributed by atoms with Crippen molar-refractivity contribution in [1.29, 1.82) is 0 Å². The summed E-state index contributed by atoms with van der Waals surface area (Å²) in [5, 5.41) is 6.29. The minimum absolute atomic E-state index is 0.0944. The summed E-state index contributed by atoms with van der Waals surface area (Å²) in [7, 11) is -1.49. The number of hydrogen-bond acceptors (Lipinski definition) is 5. The van der Waals surface area contributed by atoms with E-state index in [4.69, 9.17) is 0 Å². The van der Waals surface area contributed by atoms with Crippen LogP contribution in [0.25, 0.3) is 0 Å². The van der Waals surface area contributed by atoms with Crippen molar-refractivity contribution >= 4 is 39.5 Å². The van der Waals surface area contributed by atoms with Crippen LogP contribution >= 0.6 is 23.5 Å². The molecule has 1 aliphatic rings. The van der Waals surface area contributed by atoms with Crippen LogP contribution in [0.4, 0.5) is 0 Å². The molecule has 1 aromatic rings. The highest BCUT2D eigenvalue weighted by molar-refractivity contribution is 7.99. The molecule has 0 atom stereocenters. The van der Waals surface area contributed by atoms with Crippen LogP contribution in [0, 0.1) is 0 Å². The van der Waals surface area contributed by atoms with E-state index >= 15 is 0 Å². The van der Waals surface area contributed by atoms with Gasteiger partial charge in [-0.15, -0.1) is 11.8 Å². The summed E-state index contributed by atoms with van der Waals surface area (Å²) in [6, 6.07) is 10.2. The Balaban J connectivity index is 1.64. The van der Waals surface area contributed by atoms with Gasteiger partial charge >= 0.3 is 0 Å². The van der Waals surface area contributed by atoms with Crippen molar-refractivity contribution in [2.45, 2.75) is 4.90 Å². The summed E-state index contributed by atoms with van der Waals surface area (Å²) < 4.78 is 26.2. The Kier molecular flexibility index (Phi) is 8.94. The van der Waals surface area contributed by atoms with E-state index in [1.54, 1.807) is 34.9 Å². The van der Waals surface area contributed by atoms with Crippen molar-refractivity contribution < 1.29 is 8.42 Å². The molecule has 2 rings (SSSR count). The van der Waals surface area contributed by atoms with Crippen LogP contribution in [0.5, 0.6) is 0 Å². The molecule has 0 bridgehead atoms. The largest absolute Gasteiger partial charge is 0.356 e. The molecule has 0 radical (unpaired) electrons. The van der Waals surface area contributed by atoms with Crippen LogP contribution in [0.1, 0.15) is 0 Å². The molecule has 1 fully saturated rings. The minimum Gasteiger partial charge on any atom is -0.356 e. The van der Waals surface area contributed by atoms with Crippen molar-refractivity contribution in [3.8, 4) is 0 Å². The molecule has 9 heteroatoms. The average molecular weight is 403 g/mol. The van der Waals surface area contributed by atoms with E-state index < -0.39 is 10.0 Å². The van der Waals surface area contributed by atoms with Crippen LogP contribution < -0.4 is 10.6 Å². The first kappa shape index (κ1) is 20.4. The first-order valence-corrected chi connectivity index (χ1v) is 12.0. The standard InChI is InChI=1S/C16H26N4O2S3/c1-17-16(18-7-11-24-15-5-3-2-4-6-15)19-8-14-25(21,22)20-9-12-23-13-10-20/h2-6H,7-14H2,1H3,(H2,17,18,19). The summed E-state index contributed by atoms with van der Waals surface area (Å²) in [6.45, 7) is 2.36. The Bertz CT molecular complexity index is 632. The molecule has 1 heterocycles. The lowest BCUT2D eigenvalue weighted by molar-refractivity contribution is 0.443. The van der Waals surface area contributed by atoms with E-state index in [-0.39, 0.29) is 5.75 Å². The molecule has 1 saturated heterocycles. The predicted molar refractivity (Wildman–Crippen MR) is 109 cm³/mol. The van der Waals surface area contributed by atoms with Gasteiger partial charge in [-0.2, -0.15) is 11.8 Å². The highest BCUT2D eigenvalue weighted by atomic mass is 32.2. The van der Waals surface area contributed by atoms with Crippen molar-refractivity contribution in [3.05, 3.63) is 30.3 Å². The SMILES string of the molecule is CN=C(NCCSc1ccccc1)NCCS(=O)(=O)N1CCSCC1. The molecule has 0 aliphatic carbocycles. The number of sulfonamides is 1. The van der Waals surface area contributed by atoms with E-state index in [2.05, 4.69) is 27.8 Å². The summed E-state index contributed by atoms with van der Waals surface area (Å²) in [4.78, 5) is 5.37. The number of guanidine groups is 1. The number of thioether (sulfide) groups is 2. The Hall–Kier alpha value is -0.900. The quantitative estimate of drug-likeness (QED) is 0.296. The van der Waals surface area contributed by atoms with Gasteiger partial charge in [0.25, 0.3) is 0 Å². The van der Waals surface area contributed by atoms with Crippen molar-refractivity contribution in [3.63, 3.8) is 0 Å². The van der Waals surface area contributed by atoms with E-state index in [9.17, 15) is 8.42 Å². The number of aliphatic imine (C=N–C) groups is 1. The van der Waals surface area contributed by atoms with Gasteiger partial charge in [-0.05, 0) is 12.1 Å². The Morgan fingerprint density at radius 3 is 2.56 bits per heavy atom. The second kappa shape index (κ2) is 10.9. The van der Waals surface area contributed by atoms with Gasteiger partial charge in [0, 0.05) is 55.4 Å². The van der Waals surface area contributed by atoms with E-state index in [1.807, 2.05) is 18.2 Å². The third-order valence-corrected chi connectivity index (χ3v) is 7.47. The smallest absolute Gasteiger partial charge is 0.215 e. The highest BCUT2D eigenvalue weighted by Gasteiger charge is 2.23. The normalized spacial score (nSPS) is 16.6. The Labute approximate surface area is 159 Å². The fourth-order valence-electron chi connectivity index (χ4n) is 2.33. The number of benzene rings is 1. The number of nitrogens with zero attached hydrogens (tertiary/aromatic N) is 2. The minimum atomic E-state index is -3.18. The molecule has 25 heavy (non-hydrogen) atoms. The lowest BCUT2D eigenvalue weighted by Crippen LogP contribution is -2.44. The van der Waals surface area contributed by atoms with Gasteiger partial charge in [-0.3, -0.25) is 4.99 Å². The summed E-state index contributed by atoms with van der Waals surface area (Å²) in [6.07, 6.45) is 0. The van der Waals surface area contributed by atoms with E-state index in [1.165, 1.54) is 4.90 Å². The third-order valence-electron chi connectivity index (χ3n) is 3.65. The molecule has 140 valence electrons. The van der Waals surface area contributed by atoms with Gasteiger partial charge in [0.05, 0.1) is 5.75 Å². The second-order valence-electron chi connectivity index (χ2n) is 5.41. The first-order valence-electron chi connectivity index (χ1n) is 8.30. The van der Waals surface area contributed by atoms with Crippen LogP contribution in [-0.4, -0.2) is 74.9 Å². The Morgan fingerprint density at radius 2 is 1.88 bits per heavy atom. The highest BCUT2D eigenvalue weighted by Crippen LogP contribution is 2.15. The maximum absolute atomic E-state index is 12.3. The van der Waals surface area contributed by atoms with Crippen LogP contribution in [0.3, 0.4) is 0 Å². The monoisotopic (exact) mass is 402 g/mol. The molecular weight excluding hydrogens is 376 g/mol. The molecule has 6 nitrogen and oxygen atoms in total. The maximum atomic E-state index is 12.3. The van der Waals surface area contributed by atoms with Crippen LogP contribution in [0.2, 0.25) is 0 Å². The van der Waals surface area contributed by atoms with Crippen molar-refractivity contribution in [2.24, 2.45) is 4.99 Å². The zero-order valence-electron chi connectivity index (χ0n) is 14.5. The molecule has 0 aromatic heterocycles. The van der Waals surface area contributed by atoms with Gasteiger partial charge in [0.1, 0.15) is 0 Å². The van der Waals surface area contributed by atoms with Gasteiger partial charge in [-0.25, -0.2) is 12.7 Å². The Morgan fingerprint density at radius 1 is 1.20 bits per heavy atom. The van der Waals surface area contributed by atoms with E-state index in [0.29, 0.717) is 25.6 Å². The molecule has 0 spiro atoms. The second-order valence-corrected chi connectivity index (χ2v) is 9.90. The van der Waals surface area contributed by atoms with Gasteiger partial charge < -0.3 is 10.6 Å². The van der Waals surface area contributed by atoms with Crippen LogP contribution in [0.15, 0.2) is 40.2 Å². The molecule has 2 N–H and O–H groups in total. The van der Waals surface area contributed by atoms with E-state index in [0.717, 1.165) is 23.8 Å². The average Bonchev–Trinajstić information content (AvgIpc) is 2.65. The van der Waals surface area contributed by atoms with Crippen LogP contribution in [-0.2, 0) is 10.0 Å². The zero-order chi connectivity index (χ0) is 18.0.